The van der Waals surface area contributed by atoms with Crippen molar-refractivity contribution in [1.29, 1.82) is 5.26 Å². The van der Waals surface area contributed by atoms with Gasteiger partial charge in [-0.25, -0.2) is 0 Å². The fourth-order valence-electron chi connectivity index (χ4n) is 3.13. The molecule has 0 amide bonds. The third kappa shape index (κ3) is 16.7. The maximum absolute atomic E-state index is 12.6. The van der Waals surface area contributed by atoms with E-state index in [9.17, 15) is 32.6 Å². The smallest absolute Gasteiger partial charge is 0.416 e. The predicted molar refractivity (Wildman–Crippen MR) is 176 cm³/mol. The van der Waals surface area contributed by atoms with Crippen molar-refractivity contribution in [1.82, 2.24) is 20.3 Å². The van der Waals surface area contributed by atoms with Gasteiger partial charge in [-0.1, -0.05) is 11.6 Å². The van der Waals surface area contributed by atoms with Crippen molar-refractivity contribution in [3.8, 4) is 23.3 Å². The summed E-state index contributed by atoms with van der Waals surface area (Å²) in [4.78, 5) is 48.3. The van der Waals surface area contributed by atoms with E-state index >= 15 is 0 Å². The van der Waals surface area contributed by atoms with Gasteiger partial charge < -0.3 is 35.0 Å². The van der Waals surface area contributed by atoms with E-state index in [1.54, 1.807) is 20.8 Å². The SMILES string of the molecule is CCNc1nc(Cl)nc(NC(C)(C)C#N)n1.CCOc1cc(Oc2ccc(C(F)(F)F)cc2Cl)ccc1[N+](=O)[O-].O=C(O)CNCP(=O)(O)O. The highest BCUT2D eigenvalue weighted by atomic mass is 35.5. The largest absolute Gasteiger partial charge is 0.487 e. The Morgan fingerprint density at radius 1 is 1.08 bits per heavy atom. The third-order valence-electron chi connectivity index (χ3n) is 5.16. The molecule has 0 aliphatic heterocycles. The molecule has 1 aromatic heterocycles. The predicted octanol–water partition coefficient (Wildman–Crippen LogP) is 5.92. The summed E-state index contributed by atoms with van der Waals surface area (Å²) in [5.41, 5.74) is -1.91. The lowest BCUT2D eigenvalue weighted by Crippen LogP contribution is -2.29. The average Bonchev–Trinajstić information content (AvgIpc) is 2.97. The van der Waals surface area contributed by atoms with Crippen LogP contribution in [0.15, 0.2) is 36.4 Å². The van der Waals surface area contributed by atoms with E-state index in [-0.39, 0.29) is 45.8 Å². The maximum atomic E-state index is 12.6. The van der Waals surface area contributed by atoms with Crippen LogP contribution in [0.1, 0.15) is 33.3 Å². The first-order chi connectivity index (χ1) is 23.1. The molecule has 0 aliphatic rings. The number of ether oxygens (including phenoxy) is 2. The number of rotatable bonds is 13. The number of anilines is 2. The van der Waals surface area contributed by atoms with Gasteiger partial charge in [0.15, 0.2) is 0 Å². The Balaban J connectivity index is 0.000000414. The van der Waals surface area contributed by atoms with Crippen molar-refractivity contribution >= 4 is 54.4 Å². The van der Waals surface area contributed by atoms with Gasteiger partial charge in [0.05, 0.1) is 41.0 Å². The van der Waals surface area contributed by atoms with Gasteiger partial charge in [-0.2, -0.15) is 33.4 Å². The molecular weight excluding hydrogens is 739 g/mol. The van der Waals surface area contributed by atoms with Crippen LogP contribution in [-0.2, 0) is 15.5 Å². The number of aliphatic carboxylic acids is 1. The molecule has 0 unspecified atom stereocenters. The highest BCUT2D eigenvalue weighted by molar-refractivity contribution is 7.51. The van der Waals surface area contributed by atoms with Gasteiger partial charge in [-0.05, 0) is 63.6 Å². The maximum Gasteiger partial charge on any atom is 0.416 e. The number of halogens is 5. The zero-order valence-corrected chi connectivity index (χ0v) is 29.1. The molecule has 1 heterocycles. The van der Waals surface area contributed by atoms with Crippen LogP contribution < -0.4 is 25.4 Å². The second-order valence-corrected chi connectivity index (χ2v) is 12.2. The number of carboxylic acid groups (broad SMARTS) is 1. The van der Waals surface area contributed by atoms with Crippen LogP contribution >= 0.6 is 30.8 Å². The molecule has 2 aromatic carbocycles. The minimum atomic E-state index is -4.52. The summed E-state index contributed by atoms with van der Waals surface area (Å²) in [7, 11) is -4.10. The second kappa shape index (κ2) is 19.6. The van der Waals surface area contributed by atoms with Gasteiger partial charge in [-0.15, -0.1) is 0 Å². The zero-order valence-electron chi connectivity index (χ0n) is 26.7. The number of benzene rings is 2. The molecule has 0 spiro atoms. The van der Waals surface area contributed by atoms with Gasteiger partial charge in [0.25, 0.3) is 0 Å². The molecule has 3 rings (SSSR count). The van der Waals surface area contributed by atoms with Crippen LogP contribution in [-0.4, -0.2) is 72.3 Å². The molecule has 50 heavy (non-hydrogen) atoms. The Morgan fingerprint density at radius 3 is 2.22 bits per heavy atom. The van der Waals surface area contributed by atoms with Crippen molar-refractivity contribution in [2.75, 3.05) is 36.6 Å². The van der Waals surface area contributed by atoms with Crippen molar-refractivity contribution in [2.24, 2.45) is 0 Å². The lowest BCUT2D eigenvalue weighted by Gasteiger charge is -2.17. The Hall–Kier alpha value is -4.51. The quantitative estimate of drug-likeness (QED) is 0.0669. The first kappa shape index (κ1) is 43.5. The molecule has 23 heteroatoms. The van der Waals surface area contributed by atoms with Crippen molar-refractivity contribution in [3.05, 3.63) is 62.4 Å². The second-order valence-electron chi connectivity index (χ2n) is 9.85. The van der Waals surface area contributed by atoms with Crippen LogP contribution in [0.4, 0.5) is 30.8 Å². The van der Waals surface area contributed by atoms with Crippen molar-refractivity contribution in [3.63, 3.8) is 0 Å². The van der Waals surface area contributed by atoms with Gasteiger partial charge in [0, 0.05) is 18.7 Å². The van der Waals surface area contributed by atoms with E-state index in [4.69, 9.17) is 52.8 Å². The number of carboxylic acids is 1. The molecule has 17 nitrogen and oxygen atoms in total. The standard InChI is InChI=1S/C15H11ClF3NO4.C9H13ClN6.C3H8NO5P/c1-2-23-14-8-10(4-5-12(14)20(21)22)24-13-6-3-9(7-11(13)16)15(17,18)19;1-4-12-7-13-6(10)14-8(15-7)16-9(2,3)5-11;5-3(6)1-4-2-10(7,8)9/h3-8H,2H2,1H3;4H2,1-3H3,(H2,12,13,14,15,16);4H,1-2H2,(H,5,6)(H2,7,8,9). The van der Waals surface area contributed by atoms with Gasteiger partial charge >= 0.3 is 25.4 Å². The molecule has 3 aromatic rings. The molecule has 0 fully saturated rings. The molecule has 0 bridgehead atoms. The van der Waals surface area contributed by atoms with Crippen LogP contribution in [0.5, 0.6) is 17.2 Å². The van der Waals surface area contributed by atoms with E-state index in [1.165, 1.54) is 18.2 Å². The Kier molecular flexibility index (Phi) is 17.1. The lowest BCUT2D eigenvalue weighted by molar-refractivity contribution is -0.385. The number of nitrogens with zero attached hydrogens (tertiary/aromatic N) is 5. The zero-order chi connectivity index (χ0) is 38.3. The highest BCUT2D eigenvalue weighted by Gasteiger charge is 2.31. The summed E-state index contributed by atoms with van der Waals surface area (Å²) in [5.74, 6) is -0.357. The Labute approximate surface area is 293 Å². The summed E-state index contributed by atoms with van der Waals surface area (Å²) >= 11 is 11.5. The van der Waals surface area contributed by atoms with E-state index in [0.29, 0.717) is 12.5 Å². The van der Waals surface area contributed by atoms with Crippen LogP contribution in [0, 0.1) is 21.4 Å². The minimum Gasteiger partial charge on any atom is -0.487 e. The molecule has 274 valence electrons. The third-order valence-corrected chi connectivity index (χ3v) is 6.26. The monoisotopic (exact) mass is 770 g/mol. The Morgan fingerprint density at radius 2 is 1.72 bits per heavy atom. The van der Waals surface area contributed by atoms with Crippen LogP contribution in [0.3, 0.4) is 0 Å². The molecule has 0 saturated carbocycles. The number of alkyl halides is 3. The number of hydrogen-bond acceptors (Lipinski definition) is 13. The Bertz CT molecular complexity index is 1710. The van der Waals surface area contributed by atoms with E-state index in [1.807, 2.05) is 6.92 Å². The molecule has 0 saturated heterocycles. The summed E-state index contributed by atoms with van der Waals surface area (Å²) in [6.07, 6.45) is -5.11. The topological polar surface area (TPSA) is 255 Å². The molecule has 0 atom stereocenters. The number of nitriles is 1. The minimum absolute atomic E-state index is 0.0111. The first-order valence-corrected chi connectivity index (χ1v) is 16.4. The number of nitro benzene ring substituents is 1. The van der Waals surface area contributed by atoms with E-state index < -0.39 is 48.6 Å². The number of nitro groups is 1. The van der Waals surface area contributed by atoms with E-state index in [2.05, 4.69) is 37.0 Å². The normalized spacial score (nSPS) is 11.1. The molecule has 0 aliphatic carbocycles. The fourth-order valence-corrected chi connectivity index (χ4v) is 3.91. The summed E-state index contributed by atoms with van der Waals surface area (Å²) in [6, 6.07) is 8.49. The summed E-state index contributed by atoms with van der Waals surface area (Å²) < 4.78 is 58.4. The van der Waals surface area contributed by atoms with Gasteiger partial charge in [-0.3, -0.25) is 24.8 Å². The summed E-state index contributed by atoms with van der Waals surface area (Å²) in [6.45, 7) is 7.46. The van der Waals surface area contributed by atoms with Crippen LogP contribution in [0.2, 0.25) is 10.3 Å². The number of nitrogens with one attached hydrogen (secondary N) is 3. The van der Waals surface area contributed by atoms with E-state index in [0.717, 1.165) is 18.2 Å². The van der Waals surface area contributed by atoms with Gasteiger partial charge in [0.1, 0.15) is 17.0 Å². The molecular formula is C27H32Cl2F3N8O9P. The lowest BCUT2D eigenvalue weighted by atomic mass is 10.1. The number of aromatic nitrogens is 3. The first-order valence-electron chi connectivity index (χ1n) is 13.9. The molecule has 6 N–H and O–H groups in total. The highest BCUT2D eigenvalue weighted by Crippen LogP contribution is 2.38. The fraction of sp³-hybridized carbons (Fsp3) is 0.370. The summed E-state index contributed by atoms with van der Waals surface area (Å²) in [5, 5.41) is 35.5. The van der Waals surface area contributed by atoms with Crippen molar-refractivity contribution < 1.29 is 51.8 Å². The molecule has 0 radical (unpaired) electrons. The van der Waals surface area contributed by atoms with Crippen molar-refractivity contribution in [2.45, 2.75) is 39.4 Å². The van der Waals surface area contributed by atoms with Gasteiger partial charge in [0.2, 0.25) is 22.9 Å². The average molecular weight is 771 g/mol. The van der Waals surface area contributed by atoms with Crippen LogP contribution in [0.25, 0.3) is 0 Å². The number of hydrogen-bond donors (Lipinski definition) is 6. The number of carbonyl (C=O) groups is 1.